The van der Waals surface area contributed by atoms with E-state index in [0.29, 0.717) is 29.8 Å². The van der Waals surface area contributed by atoms with E-state index >= 15 is 0 Å². The highest BCUT2D eigenvalue weighted by Gasteiger charge is 1.99. The molecule has 0 aliphatic rings. The summed E-state index contributed by atoms with van der Waals surface area (Å²) in [5.74, 6) is 1.07. The van der Waals surface area contributed by atoms with E-state index < -0.39 is 0 Å². The van der Waals surface area contributed by atoms with Gasteiger partial charge in [-0.2, -0.15) is 0 Å². The van der Waals surface area contributed by atoms with Crippen LogP contribution in [0, 0.1) is 0 Å². The molecule has 0 saturated carbocycles. The van der Waals surface area contributed by atoms with Crippen LogP contribution in [0.1, 0.15) is 4.88 Å². The van der Waals surface area contributed by atoms with E-state index in [9.17, 15) is 0 Å². The van der Waals surface area contributed by atoms with Gasteiger partial charge in [0.2, 0.25) is 0 Å². The zero-order chi connectivity index (χ0) is 13.5. The molecule has 0 radical (unpaired) electrons. The van der Waals surface area contributed by atoms with Crippen molar-refractivity contribution in [2.24, 2.45) is 10.9 Å². The van der Waals surface area contributed by atoms with Gasteiger partial charge in [-0.05, 0) is 29.6 Å². The number of hydrogen-bond acceptors (Lipinski definition) is 4. The molecule has 0 aliphatic heterocycles. The number of rotatable bonds is 6. The van der Waals surface area contributed by atoms with E-state index in [0.717, 1.165) is 4.88 Å². The van der Waals surface area contributed by atoms with Gasteiger partial charge >= 0.3 is 0 Å². The number of oxime groups is 1. The maximum absolute atomic E-state index is 5.84. The second kappa shape index (κ2) is 7.01. The second-order valence-corrected chi connectivity index (χ2v) is 4.98. The van der Waals surface area contributed by atoms with Crippen LogP contribution < -0.4 is 10.5 Å². The number of thiophene rings is 1. The first kappa shape index (κ1) is 13.7. The van der Waals surface area contributed by atoms with E-state index in [1.165, 1.54) is 11.3 Å². The van der Waals surface area contributed by atoms with Crippen molar-refractivity contribution in [3.63, 3.8) is 0 Å². The van der Waals surface area contributed by atoms with Gasteiger partial charge in [0, 0.05) is 5.02 Å². The van der Waals surface area contributed by atoms with Crippen molar-refractivity contribution in [1.82, 2.24) is 0 Å². The van der Waals surface area contributed by atoms with Gasteiger partial charge in [-0.3, -0.25) is 0 Å². The zero-order valence-corrected chi connectivity index (χ0v) is 11.7. The molecule has 0 bridgehead atoms. The lowest BCUT2D eigenvalue weighted by atomic mass is 10.3. The SMILES string of the molecule is NC(=NOCCOc1cccc(Cl)c1)c1cccs1. The molecule has 1 aromatic heterocycles. The van der Waals surface area contributed by atoms with Crippen molar-refractivity contribution < 1.29 is 9.57 Å². The Morgan fingerprint density at radius 1 is 1.26 bits per heavy atom. The van der Waals surface area contributed by atoms with Crippen LogP contribution in [0.4, 0.5) is 0 Å². The molecule has 0 fully saturated rings. The molecule has 1 heterocycles. The first-order valence-electron chi connectivity index (χ1n) is 5.63. The molecule has 0 aliphatic carbocycles. The van der Waals surface area contributed by atoms with Gasteiger partial charge in [-0.15, -0.1) is 11.3 Å². The number of nitrogens with two attached hydrogens (primary N) is 1. The topological polar surface area (TPSA) is 56.8 Å². The van der Waals surface area contributed by atoms with Gasteiger partial charge in [0.05, 0.1) is 4.88 Å². The molecule has 0 saturated heterocycles. The maximum Gasteiger partial charge on any atom is 0.180 e. The third kappa shape index (κ3) is 4.46. The maximum atomic E-state index is 5.84. The number of benzene rings is 1. The van der Waals surface area contributed by atoms with Gasteiger partial charge in [0.1, 0.15) is 12.4 Å². The van der Waals surface area contributed by atoms with Crippen molar-refractivity contribution in [2.45, 2.75) is 0 Å². The van der Waals surface area contributed by atoms with Gasteiger partial charge < -0.3 is 15.3 Å². The summed E-state index contributed by atoms with van der Waals surface area (Å²) in [5, 5.41) is 6.38. The molecule has 0 atom stereocenters. The van der Waals surface area contributed by atoms with Gasteiger partial charge in [-0.1, -0.05) is 28.9 Å². The second-order valence-electron chi connectivity index (χ2n) is 3.59. The number of amidine groups is 1. The molecular formula is C13H13ClN2O2S. The molecule has 1 aromatic carbocycles. The van der Waals surface area contributed by atoms with E-state index in [2.05, 4.69) is 5.16 Å². The normalized spacial score (nSPS) is 11.3. The van der Waals surface area contributed by atoms with Crippen LogP contribution in [0.5, 0.6) is 5.75 Å². The minimum absolute atomic E-state index is 0.318. The fourth-order valence-corrected chi connectivity index (χ4v) is 2.14. The molecule has 6 heteroatoms. The van der Waals surface area contributed by atoms with Crippen LogP contribution in [0.2, 0.25) is 5.02 Å². The van der Waals surface area contributed by atoms with Crippen molar-refractivity contribution in [3.8, 4) is 5.75 Å². The summed E-state index contributed by atoms with van der Waals surface area (Å²) < 4.78 is 5.44. The number of nitrogens with zero attached hydrogens (tertiary/aromatic N) is 1. The Morgan fingerprint density at radius 3 is 2.89 bits per heavy atom. The molecule has 2 aromatic rings. The molecule has 2 rings (SSSR count). The molecule has 4 nitrogen and oxygen atoms in total. The Kier molecular flexibility index (Phi) is 5.06. The van der Waals surface area contributed by atoms with Crippen molar-refractivity contribution in [1.29, 1.82) is 0 Å². The van der Waals surface area contributed by atoms with Crippen molar-refractivity contribution in [3.05, 3.63) is 51.7 Å². The molecule has 0 amide bonds. The quantitative estimate of drug-likeness (QED) is 0.386. The van der Waals surface area contributed by atoms with Crippen LogP contribution >= 0.6 is 22.9 Å². The molecule has 19 heavy (non-hydrogen) atoms. The van der Waals surface area contributed by atoms with Crippen LogP contribution in [-0.4, -0.2) is 19.0 Å². The van der Waals surface area contributed by atoms with Crippen molar-refractivity contribution >= 4 is 28.8 Å². The van der Waals surface area contributed by atoms with E-state index in [4.69, 9.17) is 26.9 Å². The predicted molar refractivity (Wildman–Crippen MR) is 77.9 cm³/mol. The van der Waals surface area contributed by atoms with Crippen LogP contribution in [0.15, 0.2) is 46.9 Å². The molecular weight excluding hydrogens is 284 g/mol. The summed E-state index contributed by atoms with van der Waals surface area (Å²) in [6, 6.07) is 11.0. The summed E-state index contributed by atoms with van der Waals surface area (Å²) in [4.78, 5) is 5.97. The Hall–Kier alpha value is -1.72. The van der Waals surface area contributed by atoms with E-state index in [1.807, 2.05) is 29.6 Å². The first-order valence-corrected chi connectivity index (χ1v) is 6.89. The Labute approximate surface area is 120 Å². The largest absolute Gasteiger partial charge is 0.490 e. The summed E-state index contributed by atoms with van der Waals surface area (Å²) in [5.41, 5.74) is 5.73. The summed E-state index contributed by atoms with van der Waals surface area (Å²) in [6.45, 7) is 0.695. The highest BCUT2D eigenvalue weighted by molar-refractivity contribution is 7.12. The number of ether oxygens (including phenoxy) is 1. The van der Waals surface area contributed by atoms with Gasteiger partial charge in [0.15, 0.2) is 12.4 Å². The third-order valence-electron chi connectivity index (χ3n) is 2.18. The van der Waals surface area contributed by atoms with E-state index in [1.54, 1.807) is 12.1 Å². The average Bonchev–Trinajstić information content (AvgIpc) is 2.92. The lowest BCUT2D eigenvalue weighted by Gasteiger charge is -2.05. The standard InChI is InChI=1S/C13H13ClN2O2S/c14-10-3-1-4-11(9-10)17-6-7-18-16-13(15)12-5-2-8-19-12/h1-5,8-9H,6-7H2,(H2,15,16). The Bertz CT molecular complexity index is 543. The van der Waals surface area contributed by atoms with Crippen LogP contribution in [0.3, 0.4) is 0 Å². The minimum Gasteiger partial charge on any atom is -0.490 e. The lowest BCUT2D eigenvalue weighted by Crippen LogP contribution is -2.13. The summed E-state index contributed by atoms with van der Waals surface area (Å²) in [6.07, 6.45) is 0. The van der Waals surface area contributed by atoms with Gasteiger partial charge in [-0.25, -0.2) is 0 Å². The van der Waals surface area contributed by atoms with Crippen molar-refractivity contribution in [2.75, 3.05) is 13.2 Å². The zero-order valence-electron chi connectivity index (χ0n) is 10.1. The highest BCUT2D eigenvalue weighted by Crippen LogP contribution is 2.16. The first-order chi connectivity index (χ1) is 9.25. The van der Waals surface area contributed by atoms with Crippen LogP contribution in [0.25, 0.3) is 0 Å². The number of hydrogen-bond donors (Lipinski definition) is 1. The Balaban J connectivity index is 1.71. The summed E-state index contributed by atoms with van der Waals surface area (Å²) in [7, 11) is 0. The third-order valence-corrected chi connectivity index (χ3v) is 3.30. The monoisotopic (exact) mass is 296 g/mol. The molecule has 2 N–H and O–H groups in total. The fourth-order valence-electron chi connectivity index (χ4n) is 1.34. The predicted octanol–water partition coefficient (Wildman–Crippen LogP) is 3.12. The summed E-state index contributed by atoms with van der Waals surface area (Å²) >= 11 is 7.35. The van der Waals surface area contributed by atoms with Gasteiger partial charge in [0.25, 0.3) is 0 Å². The lowest BCUT2D eigenvalue weighted by molar-refractivity contribution is 0.107. The minimum atomic E-state index is 0.318. The smallest absolute Gasteiger partial charge is 0.180 e. The van der Waals surface area contributed by atoms with E-state index in [-0.39, 0.29) is 0 Å². The Morgan fingerprint density at radius 2 is 2.16 bits per heavy atom. The van der Waals surface area contributed by atoms with Crippen LogP contribution in [-0.2, 0) is 4.84 Å². The average molecular weight is 297 g/mol. The fraction of sp³-hybridized carbons (Fsp3) is 0.154. The molecule has 0 spiro atoms. The highest BCUT2D eigenvalue weighted by atomic mass is 35.5. The molecule has 0 unspecified atom stereocenters. The molecule has 100 valence electrons. The number of halogens is 1.